The summed E-state index contributed by atoms with van der Waals surface area (Å²) in [5.41, 5.74) is 16.0. The van der Waals surface area contributed by atoms with E-state index in [0.717, 1.165) is 0 Å². The summed E-state index contributed by atoms with van der Waals surface area (Å²) in [4.78, 5) is 75.0. The molecular weight excluding hydrogens is 482 g/mol. The fourth-order valence-electron chi connectivity index (χ4n) is 2.91. The van der Waals surface area contributed by atoms with Crippen LogP contribution in [0.3, 0.4) is 0 Å². The van der Waals surface area contributed by atoms with Gasteiger partial charge in [0.15, 0.2) is 5.96 Å². The van der Waals surface area contributed by atoms with E-state index in [-0.39, 0.29) is 31.8 Å². The molecule has 3 amide bonds. The summed E-state index contributed by atoms with van der Waals surface area (Å²) in [5, 5.41) is 34.0. The zero-order chi connectivity index (χ0) is 28.0. The lowest BCUT2D eigenvalue weighted by molar-refractivity contribution is -0.144. The Morgan fingerprint density at radius 2 is 1.33 bits per heavy atom. The molecule has 16 heteroatoms. The maximum Gasteiger partial charge on any atom is 0.326 e. The van der Waals surface area contributed by atoms with Gasteiger partial charge < -0.3 is 48.5 Å². The van der Waals surface area contributed by atoms with Gasteiger partial charge in [0.2, 0.25) is 17.7 Å². The number of carboxylic acids is 3. The smallest absolute Gasteiger partial charge is 0.326 e. The predicted molar refractivity (Wildman–Crippen MR) is 125 cm³/mol. The molecule has 0 bridgehead atoms. The van der Waals surface area contributed by atoms with E-state index >= 15 is 0 Å². The molecule has 12 N–H and O–H groups in total. The van der Waals surface area contributed by atoms with E-state index in [9.17, 15) is 33.9 Å². The van der Waals surface area contributed by atoms with Crippen molar-refractivity contribution in [2.75, 3.05) is 6.54 Å². The van der Waals surface area contributed by atoms with Crippen molar-refractivity contribution in [3.63, 3.8) is 0 Å². The molecule has 0 spiro atoms. The molecule has 36 heavy (non-hydrogen) atoms. The van der Waals surface area contributed by atoms with E-state index in [0.29, 0.717) is 0 Å². The van der Waals surface area contributed by atoms with E-state index in [4.69, 9.17) is 27.4 Å². The van der Waals surface area contributed by atoms with Gasteiger partial charge in [-0.05, 0) is 25.2 Å². The van der Waals surface area contributed by atoms with Crippen LogP contribution in [-0.2, 0) is 28.8 Å². The number of guanidine groups is 1. The second kappa shape index (κ2) is 15.9. The van der Waals surface area contributed by atoms with E-state index < -0.39 is 78.6 Å². The lowest BCUT2D eigenvalue weighted by Crippen LogP contribution is -2.57. The van der Waals surface area contributed by atoms with Crippen LogP contribution in [0, 0.1) is 5.92 Å². The van der Waals surface area contributed by atoms with Crippen molar-refractivity contribution >= 4 is 41.6 Å². The van der Waals surface area contributed by atoms with Crippen LogP contribution in [0.2, 0.25) is 0 Å². The van der Waals surface area contributed by atoms with Gasteiger partial charge in [-0.3, -0.25) is 29.0 Å². The number of carbonyl (C=O) groups is 6. The molecule has 0 heterocycles. The van der Waals surface area contributed by atoms with Crippen molar-refractivity contribution < 1.29 is 44.1 Å². The fourth-order valence-corrected chi connectivity index (χ4v) is 2.91. The molecule has 4 unspecified atom stereocenters. The molecule has 0 saturated heterocycles. The summed E-state index contributed by atoms with van der Waals surface area (Å²) in [7, 11) is 0. The standard InChI is InChI=1S/C20H35N7O9/c1-9(2)15(19(35)36)27-18(34)12(5-6-13(28)29)26-17(33)11(4-3-7-24-20(22)23)25-16(32)10(21)8-14(30)31/h9-12,15H,3-8,21H2,1-2H3,(H,25,32)(H,26,33)(H,27,34)(H,28,29)(H,30,31)(H,35,36)(H4,22,23,24). The highest BCUT2D eigenvalue weighted by molar-refractivity contribution is 5.94. The number of nitrogens with two attached hydrogens (primary N) is 3. The van der Waals surface area contributed by atoms with Crippen LogP contribution in [0.5, 0.6) is 0 Å². The monoisotopic (exact) mass is 517 g/mol. The Kier molecular flexibility index (Phi) is 14.1. The number of rotatable bonds is 17. The second-order valence-electron chi connectivity index (χ2n) is 8.28. The summed E-state index contributed by atoms with van der Waals surface area (Å²) >= 11 is 0. The highest BCUT2D eigenvalue weighted by Crippen LogP contribution is 2.07. The summed E-state index contributed by atoms with van der Waals surface area (Å²) < 4.78 is 0. The number of carboxylic acid groups (broad SMARTS) is 3. The number of aliphatic carboxylic acids is 3. The quantitative estimate of drug-likeness (QED) is 0.0526. The Labute approximate surface area is 207 Å². The largest absolute Gasteiger partial charge is 0.481 e. The molecule has 0 aromatic carbocycles. The molecule has 0 aromatic heterocycles. The van der Waals surface area contributed by atoms with E-state index in [1.165, 1.54) is 0 Å². The SMILES string of the molecule is CC(C)C(NC(=O)C(CCC(=O)O)NC(=O)C(CCCN=C(N)N)NC(=O)C(N)CC(=O)O)C(=O)O. The number of hydrogen-bond acceptors (Lipinski definition) is 8. The molecular formula is C20H35N7O9. The normalized spacial score (nSPS) is 14.0. The molecule has 204 valence electrons. The predicted octanol–water partition coefficient (Wildman–Crippen LogP) is -3.10. The fraction of sp³-hybridized carbons (Fsp3) is 0.650. The van der Waals surface area contributed by atoms with Crippen molar-refractivity contribution in [1.82, 2.24) is 16.0 Å². The summed E-state index contributed by atoms with van der Waals surface area (Å²) in [6, 6.07) is -5.53. The first kappa shape index (κ1) is 32.0. The Morgan fingerprint density at radius 1 is 0.806 bits per heavy atom. The average Bonchev–Trinajstić information content (AvgIpc) is 2.75. The highest BCUT2D eigenvalue weighted by Gasteiger charge is 2.31. The molecule has 0 aliphatic carbocycles. The number of nitrogens with zero attached hydrogens (tertiary/aromatic N) is 1. The van der Waals surface area contributed by atoms with Crippen molar-refractivity contribution in [1.29, 1.82) is 0 Å². The minimum absolute atomic E-state index is 0.0504. The number of carbonyl (C=O) groups excluding carboxylic acids is 3. The van der Waals surface area contributed by atoms with Gasteiger partial charge in [-0.1, -0.05) is 13.8 Å². The Balaban J connectivity index is 5.69. The minimum Gasteiger partial charge on any atom is -0.481 e. The second-order valence-corrected chi connectivity index (χ2v) is 8.28. The van der Waals surface area contributed by atoms with Gasteiger partial charge in [-0.15, -0.1) is 0 Å². The van der Waals surface area contributed by atoms with E-state index in [1.54, 1.807) is 13.8 Å². The van der Waals surface area contributed by atoms with Crippen molar-refractivity contribution in [2.24, 2.45) is 28.1 Å². The van der Waals surface area contributed by atoms with Crippen LogP contribution in [0.15, 0.2) is 4.99 Å². The maximum atomic E-state index is 13.0. The number of amides is 3. The van der Waals surface area contributed by atoms with Crippen molar-refractivity contribution in [3.05, 3.63) is 0 Å². The molecule has 4 atom stereocenters. The molecule has 0 aliphatic rings. The number of aliphatic imine (C=N–C) groups is 1. The molecule has 0 aromatic rings. The third-order valence-corrected chi connectivity index (χ3v) is 4.82. The van der Waals surface area contributed by atoms with Crippen LogP contribution in [0.1, 0.15) is 46.0 Å². The Hall–Kier alpha value is -3.95. The van der Waals surface area contributed by atoms with Crippen molar-refractivity contribution in [2.45, 2.75) is 70.1 Å². The van der Waals surface area contributed by atoms with Gasteiger partial charge in [-0.25, -0.2) is 4.79 Å². The van der Waals surface area contributed by atoms with Gasteiger partial charge in [0.05, 0.1) is 12.5 Å². The van der Waals surface area contributed by atoms with Crippen LogP contribution >= 0.6 is 0 Å². The lowest BCUT2D eigenvalue weighted by atomic mass is 10.0. The molecule has 0 fully saturated rings. The van der Waals surface area contributed by atoms with Gasteiger partial charge in [0, 0.05) is 13.0 Å². The number of hydrogen-bond donors (Lipinski definition) is 9. The first-order chi connectivity index (χ1) is 16.6. The molecule has 0 radical (unpaired) electrons. The van der Waals surface area contributed by atoms with Crippen LogP contribution < -0.4 is 33.2 Å². The highest BCUT2D eigenvalue weighted by atomic mass is 16.4. The molecule has 0 aliphatic heterocycles. The van der Waals surface area contributed by atoms with Crippen LogP contribution in [-0.4, -0.2) is 87.6 Å². The maximum absolute atomic E-state index is 13.0. The third-order valence-electron chi connectivity index (χ3n) is 4.82. The number of nitrogens with one attached hydrogen (secondary N) is 3. The van der Waals surface area contributed by atoms with Crippen LogP contribution in [0.25, 0.3) is 0 Å². The zero-order valence-electron chi connectivity index (χ0n) is 20.1. The third kappa shape index (κ3) is 13.1. The van der Waals surface area contributed by atoms with E-state index in [1.807, 2.05) is 0 Å². The first-order valence-electron chi connectivity index (χ1n) is 11.0. The van der Waals surface area contributed by atoms with Gasteiger partial charge >= 0.3 is 17.9 Å². The van der Waals surface area contributed by atoms with Crippen LogP contribution in [0.4, 0.5) is 0 Å². The average molecular weight is 518 g/mol. The first-order valence-corrected chi connectivity index (χ1v) is 11.0. The lowest BCUT2D eigenvalue weighted by Gasteiger charge is -2.25. The zero-order valence-corrected chi connectivity index (χ0v) is 20.1. The summed E-state index contributed by atoms with van der Waals surface area (Å²) in [6.45, 7) is 3.18. The molecule has 0 rings (SSSR count). The molecule has 0 saturated carbocycles. The van der Waals surface area contributed by atoms with Crippen molar-refractivity contribution in [3.8, 4) is 0 Å². The Morgan fingerprint density at radius 3 is 1.81 bits per heavy atom. The van der Waals surface area contributed by atoms with Gasteiger partial charge in [0.1, 0.15) is 18.1 Å². The summed E-state index contributed by atoms with van der Waals surface area (Å²) in [5.74, 6) is -7.42. The Bertz CT molecular complexity index is 843. The van der Waals surface area contributed by atoms with E-state index in [2.05, 4.69) is 20.9 Å². The topological polar surface area (TPSA) is 290 Å². The van der Waals surface area contributed by atoms with Gasteiger partial charge in [-0.2, -0.15) is 0 Å². The minimum atomic E-state index is -1.47. The molecule has 16 nitrogen and oxygen atoms in total. The summed E-state index contributed by atoms with van der Waals surface area (Å²) in [6.07, 6.45) is -1.47. The van der Waals surface area contributed by atoms with Gasteiger partial charge in [0.25, 0.3) is 0 Å².